The Morgan fingerprint density at radius 2 is 2.04 bits per heavy atom. The number of amides is 1. The molecule has 0 aliphatic carbocycles. The highest BCUT2D eigenvalue weighted by molar-refractivity contribution is 5.76. The van der Waals surface area contributed by atoms with Gasteiger partial charge >= 0.3 is 0 Å². The van der Waals surface area contributed by atoms with Crippen molar-refractivity contribution < 1.29 is 14.1 Å². The van der Waals surface area contributed by atoms with Crippen LogP contribution in [-0.4, -0.2) is 32.9 Å². The summed E-state index contributed by atoms with van der Waals surface area (Å²) in [6, 6.07) is 8.97. The van der Waals surface area contributed by atoms with Crippen LogP contribution in [0.5, 0.6) is 5.75 Å². The summed E-state index contributed by atoms with van der Waals surface area (Å²) in [5.74, 6) is 1.49. The SMILES string of the molecule is COc1ccc(-c2noc([C@H](C)NC(=O)CCn3nc(C)cc3C)n2)cc1. The summed E-state index contributed by atoms with van der Waals surface area (Å²) in [6.07, 6.45) is 0.325. The molecule has 8 heteroatoms. The van der Waals surface area contributed by atoms with Gasteiger partial charge in [-0.05, 0) is 51.1 Å². The Hall–Kier alpha value is -3.16. The van der Waals surface area contributed by atoms with E-state index in [9.17, 15) is 4.79 Å². The minimum Gasteiger partial charge on any atom is -0.497 e. The molecule has 1 atom stereocenters. The molecule has 0 saturated carbocycles. The van der Waals surface area contributed by atoms with E-state index in [0.717, 1.165) is 22.7 Å². The molecular formula is C19H23N5O3. The number of ether oxygens (including phenoxy) is 1. The zero-order chi connectivity index (χ0) is 19.4. The van der Waals surface area contributed by atoms with Crippen molar-refractivity contribution in [3.8, 4) is 17.1 Å². The predicted molar refractivity (Wildman–Crippen MR) is 99.2 cm³/mol. The van der Waals surface area contributed by atoms with Gasteiger partial charge in [0.25, 0.3) is 0 Å². The average Bonchev–Trinajstić information content (AvgIpc) is 3.26. The molecule has 3 aromatic rings. The van der Waals surface area contributed by atoms with E-state index < -0.39 is 0 Å². The van der Waals surface area contributed by atoms with Gasteiger partial charge in [0.15, 0.2) is 0 Å². The van der Waals surface area contributed by atoms with Crippen LogP contribution in [-0.2, 0) is 11.3 Å². The summed E-state index contributed by atoms with van der Waals surface area (Å²) in [7, 11) is 1.61. The number of aromatic nitrogens is 4. The maximum Gasteiger partial charge on any atom is 0.249 e. The quantitative estimate of drug-likeness (QED) is 0.688. The lowest BCUT2D eigenvalue weighted by Crippen LogP contribution is -2.28. The Labute approximate surface area is 157 Å². The number of hydrogen-bond acceptors (Lipinski definition) is 6. The fourth-order valence-corrected chi connectivity index (χ4v) is 2.75. The van der Waals surface area contributed by atoms with E-state index in [0.29, 0.717) is 24.7 Å². The first-order valence-electron chi connectivity index (χ1n) is 8.74. The fraction of sp³-hybridized carbons (Fsp3) is 0.368. The minimum atomic E-state index is -0.377. The van der Waals surface area contributed by atoms with E-state index in [-0.39, 0.29) is 11.9 Å². The average molecular weight is 369 g/mol. The number of rotatable bonds is 7. The second-order valence-electron chi connectivity index (χ2n) is 6.37. The molecule has 1 amide bonds. The Morgan fingerprint density at radius 1 is 1.30 bits per heavy atom. The van der Waals surface area contributed by atoms with Crippen molar-refractivity contribution in [3.63, 3.8) is 0 Å². The molecule has 2 heterocycles. The first-order valence-corrected chi connectivity index (χ1v) is 8.74. The number of methoxy groups -OCH3 is 1. The maximum absolute atomic E-state index is 12.2. The maximum atomic E-state index is 12.2. The lowest BCUT2D eigenvalue weighted by atomic mass is 10.2. The van der Waals surface area contributed by atoms with Crippen LogP contribution in [0, 0.1) is 13.8 Å². The number of hydrogen-bond donors (Lipinski definition) is 1. The molecular weight excluding hydrogens is 346 g/mol. The van der Waals surface area contributed by atoms with Crippen LogP contribution in [0.2, 0.25) is 0 Å². The summed E-state index contributed by atoms with van der Waals surface area (Å²) in [6.45, 7) is 6.24. The molecule has 2 aromatic heterocycles. The van der Waals surface area contributed by atoms with E-state index in [1.54, 1.807) is 7.11 Å². The van der Waals surface area contributed by atoms with E-state index in [4.69, 9.17) is 9.26 Å². The number of carbonyl (C=O) groups excluding carboxylic acids is 1. The molecule has 0 saturated heterocycles. The zero-order valence-electron chi connectivity index (χ0n) is 15.9. The van der Waals surface area contributed by atoms with Gasteiger partial charge in [-0.2, -0.15) is 10.1 Å². The van der Waals surface area contributed by atoms with Gasteiger partial charge in [0, 0.05) is 24.2 Å². The molecule has 1 N–H and O–H groups in total. The standard InChI is InChI=1S/C19H23N5O3/c1-12-11-13(2)24(22-12)10-9-17(25)20-14(3)19-21-18(23-27-19)15-5-7-16(26-4)8-6-15/h5-8,11,14H,9-10H2,1-4H3,(H,20,25)/t14-/m0/s1. The molecule has 27 heavy (non-hydrogen) atoms. The van der Waals surface area contributed by atoms with Crippen molar-refractivity contribution in [1.82, 2.24) is 25.2 Å². The lowest BCUT2D eigenvalue weighted by molar-refractivity contribution is -0.122. The number of aryl methyl sites for hydroxylation is 3. The van der Waals surface area contributed by atoms with Gasteiger partial charge < -0.3 is 14.6 Å². The topological polar surface area (TPSA) is 95.1 Å². The largest absolute Gasteiger partial charge is 0.497 e. The molecule has 0 unspecified atom stereocenters. The Balaban J connectivity index is 1.57. The molecule has 0 spiro atoms. The Bertz CT molecular complexity index is 914. The van der Waals surface area contributed by atoms with Gasteiger partial charge in [0.05, 0.1) is 12.8 Å². The second kappa shape index (κ2) is 8.03. The third-order valence-corrected chi connectivity index (χ3v) is 4.19. The van der Waals surface area contributed by atoms with E-state index in [1.807, 2.05) is 55.8 Å². The molecule has 1 aromatic carbocycles. The van der Waals surface area contributed by atoms with Gasteiger partial charge in [0.1, 0.15) is 11.8 Å². The highest BCUT2D eigenvalue weighted by Gasteiger charge is 2.17. The van der Waals surface area contributed by atoms with Crippen molar-refractivity contribution in [3.05, 3.63) is 47.6 Å². The number of carbonyl (C=O) groups is 1. The second-order valence-corrected chi connectivity index (χ2v) is 6.37. The summed E-state index contributed by atoms with van der Waals surface area (Å²) in [4.78, 5) is 16.6. The van der Waals surface area contributed by atoms with Crippen molar-refractivity contribution in [2.75, 3.05) is 7.11 Å². The highest BCUT2D eigenvalue weighted by Crippen LogP contribution is 2.21. The molecule has 0 aliphatic heterocycles. The van der Waals surface area contributed by atoms with Crippen LogP contribution in [0.15, 0.2) is 34.9 Å². The monoisotopic (exact) mass is 369 g/mol. The fourth-order valence-electron chi connectivity index (χ4n) is 2.75. The van der Waals surface area contributed by atoms with E-state index >= 15 is 0 Å². The molecule has 3 rings (SSSR count). The van der Waals surface area contributed by atoms with Gasteiger partial charge in [-0.25, -0.2) is 0 Å². The Kier molecular flexibility index (Phi) is 5.54. The van der Waals surface area contributed by atoms with Crippen molar-refractivity contribution in [2.45, 2.75) is 39.8 Å². The number of nitrogens with zero attached hydrogens (tertiary/aromatic N) is 4. The molecule has 0 fully saturated rings. The highest BCUT2D eigenvalue weighted by atomic mass is 16.5. The predicted octanol–water partition coefficient (Wildman–Crippen LogP) is 2.83. The summed E-state index contributed by atoms with van der Waals surface area (Å²) >= 11 is 0. The number of benzene rings is 1. The van der Waals surface area contributed by atoms with Gasteiger partial charge in [-0.3, -0.25) is 9.48 Å². The molecule has 8 nitrogen and oxygen atoms in total. The van der Waals surface area contributed by atoms with Crippen LogP contribution >= 0.6 is 0 Å². The van der Waals surface area contributed by atoms with Crippen LogP contribution in [0.4, 0.5) is 0 Å². The molecule has 0 bridgehead atoms. The van der Waals surface area contributed by atoms with Crippen LogP contribution in [0.3, 0.4) is 0 Å². The summed E-state index contributed by atoms with van der Waals surface area (Å²) in [5.41, 5.74) is 2.79. The smallest absolute Gasteiger partial charge is 0.249 e. The number of nitrogens with one attached hydrogen (secondary N) is 1. The first kappa shape index (κ1) is 18.6. The zero-order valence-corrected chi connectivity index (χ0v) is 15.9. The van der Waals surface area contributed by atoms with Gasteiger partial charge in [0.2, 0.25) is 17.6 Å². The minimum absolute atomic E-state index is 0.0979. The van der Waals surface area contributed by atoms with Gasteiger partial charge in [-0.15, -0.1) is 0 Å². The lowest BCUT2D eigenvalue weighted by Gasteiger charge is -2.10. The normalized spacial score (nSPS) is 12.0. The Morgan fingerprint density at radius 3 is 2.67 bits per heavy atom. The van der Waals surface area contributed by atoms with Crippen LogP contribution < -0.4 is 10.1 Å². The molecule has 142 valence electrons. The molecule has 0 radical (unpaired) electrons. The van der Waals surface area contributed by atoms with Crippen LogP contribution in [0.1, 0.15) is 36.7 Å². The van der Waals surface area contributed by atoms with Crippen LogP contribution in [0.25, 0.3) is 11.4 Å². The molecule has 0 aliphatic rings. The van der Waals surface area contributed by atoms with Crippen molar-refractivity contribution >= 4 is 5.91 Å². The van der Waals surface area contributed by atoms with E-state index in [2.05, 4.69) is 20.6 Å². The third kappa shape index (κ3) is 4.52. The van der Waals surface area contributed by atoms with Crippen molar-refractivity contribution in [1.29, 1.82) is 0 Å². The summed E-state index contributed by atoms with van der Waals surface area (Å²) < 4.78 is 12.3. The first-order chi connectivity index (χ1) is 13.0. The summed E-state index contributed by atoms with van der Waals surface area (Å²) in [5, 5.41) is 11.2. The van der Waals surface area contributed by atoms with Gasteiger partial charge in [-0.1, -0.05) is 5.16 Å². The van der Waals surface area contributed by atoms with E-state index in [1.165, 1.54) is 0 Å². The van der Waals surface area contributed by atoms with Crippen molar-refractivity contribution in [2.24, 2.45) is 0 Å². The third-order valence-electron chi connectivity index (χ3n) is 4.19.